The number of nitrogens with zero attached hydrogens (tertiary/aromatic N) is 4. The van der Waals surface area contributed by atoms with Crippen LogP contribution in [0.3, 0.4) is 0 Å². The number of ether oxygens (including phenoxy) is 1. The average molecular weight is 378 g/mol. The van der Waals surface area contributed by atoms with Crippen molar-refractivity contribution in [1.82, 2.24) is 15.0 Å². The normalized spacial score (nSPS) is 15.8. The molecule has 0 amide bonds. The molecule has 1 unspecified atom stereocenters. The van der Waals surface area contributed by atoms with E-state index in [1.807, 2.05) is 18.7 Å². The lowest BCUT2D eigenvalue weighted by Crippen LogP contribution is -2.24. The van der Waals surface area contributed by atoms with E-state index in [4.69, 9.17) is 22.1 Å². The fourth-order valence-corrected chi connectivity index (χ4v) is 3.74. The van der Waals surface area contributed by atoms with Gasteiger partial charge >= 0.3 is 5.97 Å². The number of fused-ring (bicyclic) bond motifs is 1. The maximum Gasteiger partial charge on any atom is 0.304 e. The van der Waals surface area contributed by atoms with E-state index < -0.39 is 5.97 Å². The van der Waals surface area contributed by atoms with Gasteiger partial charge in [0.15, 0.2) is 0 Å². The molecule has 0 spiro atoms. The molecule has 2 aromatic heterocycles. The van der Waals surface area contributed by atoms with Crippen molar-refractivity contribution in [2.24, 2.45) is 0 Å². The molecule has 1 aliphatic rings. The Balaban J connectivity index is 1.99. The van der Waals surface area contributed by atoms with E-state index >= 15 is 0 Å². The molecule has 0 aromatic carbocycles. The Morgan fingerprint density at radius 3 is 2.85 bits per heavy atom. The first-order valence-corrected chi connectivity index (χ1v) is 8.48. The number of carboxylic acid groups (broad SMARTS) is 1. The van der Waals surface area contributed by atoms with E-state index in [2.05, 4.69) is 15.0 Å². The van der Waals surface area contributed by atoms with Crippen LogP contribution in [0.4, 0.5) is 11.8 Å². The van der Waals surface area contributed by atoms with Gasteiger partial charge in [-0.1, -0.05) is 11.6 Å². The van der Waals surface area contributed by atoms with Gasteiger partial charge in [0.2, 0.25) is 5.95 Å². The van der Waals surface area contributed by atoms with Crippen molar-refractivity contribution in [3.8, 4) is 5.75 Å². The SMILES string of the molecule is COc1c(C)cnc(CN2CC(CC(=O)O)c3c(Cl)nc(N)nc32)c1C. The third-order valence-electron chi connectivity index (χ3n) is 4.56. The number of aromatic nitrogens is 3. The van der Waals surface area contributed by atoms with Crippen LogP contribution >= 0.6 is 11.6 Å². The van der Waals surface area contributed by atoms with E-state index in [-0.39, 0.29) is 23.4 Å². The Hall–Kier alpha value is -2.61. The highest BCUT2D eigenvalue weighted by Crippen LogP contribution is 2.41. The van der Waals surface area contributed by atoms with Crippen LogP contribution in [-0.4, -0.2) is 39.7 Å². The first kappa shape index (κ1) is 18.2. The lowest BCUT2D eigenvalue weighted by Gasteiger charge is -2.21. The summed E-state index contributed by atoms with van der Waals surface area (Å²) >= 11 is 6.23. The van der Waals surface area contributed by atoms with Crippen LogP contribution in [0.2, 0.25) is 5.15 Å². The molecule has 0 fully saturated rings. The fraction of sp³-hybridized carbons (Fsp3) is 0.412. The minimum absolute atomic E-state index is 0.0554. The second-order valence-electron chi connectivity index (χ2n) is 6.33. The molecule has 26 heavy (non-hydrogen) atoms. The summed E-state index contributed by atoms with van der Waals surface area (Å²) in [5, 5.41) is 9.41. The van der Waals surface area contributed by atoms with E-state index in [1.165, 1.54) is 0 Å². The Morgan fingerprint density at radius 1 is 1.46 bits per heavy atom. The van der Waals surface area contributed by atoms with Crippen LogP contribution in [-0.2, 0) is 11.3 Å². The fourth-order valence-electron chi connectivity index (χ4n) is 3.41. The van der Waals surface area contributed by atoms with Gasteiger partial charge in [-0.15, -0.1) is 0 Å². The van der Waals surface area contributed by atoms with Crippen molar-refractivity contribution >= 4 is 29.3 Å². The van der Waals surface area contributed by atoms with Crippen molar-refractivity contribution in [3.63, 3.8) is 0 Å². The van der Waals surface area contributed by atoms with Crippen LogP contribution in [0.1, 0.15) is 34.7 Å². The summed E-state index contributed by atoms with van der Waals surface area (Å²) in [4.78, 5) is 26.0. The van der Waals surface area contributed by atoms with E-state index in [9.17, 15) is 9.90 Å². The van der Waals surface area contributed by atoms with Gasteiger partial charge < -0.3 is 20.5 Å². The Labute approximate surface area is 156 Å². The lowest BCUT2D eigenvalue weighted by atomic mass is 10.0. The number of carboxylic acids is 1. The number of hydrogen-bond donors (Lipinski definition) is 2. The number of nitrogen functional groups attached to an aromatic ring is 1. The van der Waals surface area contributed by atoms with Crippen LogP contribution in [0.25, 0.3) is 0 Å². The van der Waals surface area contributed by atoms with Gasteiger partial charge in [0.05, 0.1) is 25.8 Å². The third-order valence-corrected chi connectivity index (χ3v) is 4.84. The molecule has 0 radical (unpaired) electrons. The largest absolute Gasteiger partial charge is 0.496 e. The molecular weight excluding hydrogens is 358 g/mol. The van der Waals surface area contributed by atoms with Gasteiger partial charge in [0, 0.05) is 35.3 Å². The average Bonchev–Trinajstić information content (AvgIpc) is 2.87. The molecule has 3 heterocycles. The van der Waals surface area contributed by atoms with Crippen molar-refractivity contribution in [3.05, 3.63) is 33.7 Å². The number of halogens is 1. The third kappa shape index (κ3) is 3.24. The molecule has 138 valence electrons. The highest BCUT2D eigenvalue weighted by atomic mass is 35.5. The van der Waals surface area contributed by atoms with Crippen molar-refractivity contribution in [2.45, 2.75) is 32.7 Å². The number of nitrogens with two attached hydrogens (primary N) is 1. The smallest absolute Gasteiger partial charge is 0.304 e. The van der Waals surface area contributed by atoms with Crippen molar-refractivity contribution in [1.29, 1.82) is 0 Å². The second kappa shape index (κ2) is 6.95. The van der Waals surface area contributed by atoms with Crippen LogP contribution in [0.5, 0.6) is 5.75 Å². The molecule has 3 rings (SSSR count). The van der Waals surface area contributed by atoms with E-state index in [1.54, 1.807) is 13.3 Å². The molecule has 3 N–H and O–H groups in total. The predicted molar refractivity (Wildman–Crippen MR) is 97.8 cm³/mol. The molecule has 1 aliphatic heterocycles. The van der Waals surface area contributed by atoms with Crippen LogP contribution < -0.4 is 15.4 Å². The molecule has 9 heteroatoms. The lowest BCUT2D eigenvalue weighted by molar-refractivity contribution is -0.137. The van der Waals surface area contributed by atoms with E-state index in [0.29, 0.717) is 24.5 Å². The zero-order valence-corrected chi connectivity index (χ0v) is 15.5. The number of rotatable bonds is 5. The summed E-state index contributed by atoms with van der Waals surface area (Å²) in [6.45, 7) is 4.78. The zero-order chi connectivity index (χ0) is 19.0. The molecule has 8 nitrogen and oxygen atoms in total. The highest BCUT2D eigenvalue weighted by molar-refractivity contribution is 6.30. The Bertz CT molecular complexity index is 874. The van der Waals surface area contributed by atoms with Gasteiger partial charge in [-0.25, -0.2) is 4.98 Å². The first-order chi connectivity index (χ1) is 12.3. The number of carbonyl (C=O) groups is 1. The Kier molecular flexibility index (Phi) is 4.86. The quantitative estimate of drug-likeness (QED) is 0.763. The molecule has 2 aromatic rings. The number of aliphatic carboxylic acids is 1. The summed E-state index contributed by atoms with van der Waals surface area (Å²) in [6.07, 6.45) is 1.70. The van der Waals surface area contributed by atoms with Gasteiger partial charge in [-0.3, -0.25) is 9.78 Å². The summed E-state index contributed by atoms with van der Waals surface area (Å²) in [6, 6.07) is 0. The molecule has 0 bridgehead atoms. The van der Waals surface area contributed by atoms with E-state index in [0.717, 1.165) is 22.6 Å². The topological polar surface area (TPSA) is 114 Å². The Morgan fingerprint density at radius 2 is 2.19 bits per heavy atom. The van der Waals surface area contributed by atoms with Gasteiger partial charge in [0.1, 0.15) is 16.7 Å². The number of methoxy groups -OCH3 is 1. The van der Waals surface area contributed by atoms with Gasteiger partial charge in [-0.2, -0.15) is 4.98 Å². The summed E-state index contributed by atoms with van der Waals surface area (Å²) in [5.41, 5.74) is 9.08. The monoisotopic (exact) mass is 377 g/mol. The van der Waals surface area contributed by atoms with Crippen LogP contribution in [0.15, 0.2) is 6.20 Å². The van der Waals surface area contributed by atoms with Gasteiger partial charge in [0.25, 0.3) is 0 Å². The van der Waals surface area contributed by atoms with Crippen LogP contribution in [0, 0.1) is 13.8 Å². The maximum atomic E-state index is 11.2. The number of pyridine rings is 1. The first-order valence-electron chi connectivity index (χ1n) is 8.10. The molecule has 0 aliphatic carbocycles. The van der Waals surface area contributed by atoms with Crippen molar-refractivity contribution < 1.29 is 14.6 Å². The molecule has 1 atom stereocenters. The van der Waals surface area contributed by atoms with Gasteiger partial charge in [-0.05, 0) is 13.8 Å². The molecule has 0 saturated heterocycles. The predicted octanol–water partition coefficient (Wildman–Crippen LogP) is 2.31. The minimum Gasteiger partial charge on any atom is -0.496 e. The number of aryl methyl sites for hydroxylation is 1. The minimum atomic E-state index is -0.901. The zero-order valence-electron chi connectivity index (χ0n) is 14.8. The second-order valence-corrected chi connectivity index (χ2v) is 6.69. The molecular formula is C17H20ClN5O3. The number of hydrogen-bond acceptors (Lipinski definition) is 7. The summed E-state index contributed by atoms with van der Waals surface area (Å²) < 4.78 is 5.46. The number of anilines is 2. The highest BCUT2D eigenvalue weighted by Gasteiger charge is 2.35. The summed E-state index contributed by atoms with van der Waals surface area (Å²) in [5.74, 6) is 0.206. The maximum absolute atomic E-state index is 11.2. The standard InChI is InChI=1S/C17H20ClN5O3/c1-8-5-20-11(9(2)14(8)26-3)7-23-6-10(4-12(24)25)13-15(18)21-17(19)22-16(13)23/h5,10H,4,6-7H2,1-3H3,(H,24,25)(H2,19,21,22). The summed E-state index contributed by atoms with van der Waals surface area (Å²) in [7, 11) is 1.63. The molecule has 0 saturated carbocycles. The van der Waals surface area contributed by atoms with Crippen molar-refractivity contribution in [2.75, 3.05) is 24.3 Å².